The van der Waals surface area contributed by atoms with Gasteiger partial charge in [0.1, 0.15) is 29.5 Å². The molecule has 0 saturated heterocycles. The number of carbonyl (C=O) groups is 1. The summed E-state index contributed by atoms with van der Waals surface area (Å²) in [6.07, 6.45) is 3.16. The molecule has 0 unspecified atom stereocenters. The van der Waals surface area contributed by atoms with Crippen LogP contribution in [0.25, 0.3) is 11.4 Å². The van der Waals surface area contributed by atoms with Crippen molar-refractivity contribution in [1.29, 1.82) is 0 Å². The Bertz CT molecular complexity index is 829. The van der Waals surface area contributed by atoms with Crippen LogP contribution in [0.4, 0.5) is 0 Å². The monoisotopic (exact) mass is 325 g/mol. The molecule has 3 rings (SSSR count). The predicted octanol–water partition coefficient (Wildman–Crippen LogP) is 2.81. The third-order valence-corrected chi connectivity index (χ3v) is 3.41. The molecule has 3 aromatic heterocycles. The van der Waals surface area contributed by atoms with E-state index in [2.05, 4.69) is 19.9 Å². The zero-order chi connectivity index (χ0) is 16.9. The number of aryl methyl sites for hydroxylation is 1. The molecule has 0 N–H and O–H groups in total. The maximum absolute atomic E-state index is 11.4. The second-order valence-electron chi connectivity index (χ2n) is 4.94. The highest BCUT2D eigenvalue weighted by atomic mass is 16.5. The first-order valence-corrected chi connectivity index (χ1v) is 7.22. The lowest BCUT2D eigenvalue weighted by molar-refractivity contribution is 0.0594. The first-order chi connectivity index (χ1) is 11.7. The van der Waals surface area contributed by atoms with Gasteiger partial charge >= 0.3 is 5.97 Å². The van der Waals surface area contributed by atoms with E-state index in [1.54, 1.807) is 18.3 Å². The van der Waals surface area contributed by atoms with Crippen molar-refractivity contribution >= 4 is 5.97 Å². The van der Waals surface area contributed by atoms with Gasteiger partial charge in [0, 0.05) is 6.20 Å². The summed E-state index contributed by atoms with van der Waals surface area (Å²) >= 11 is 0. The van der Waals surface area contributed by atoms with Gasteiger partial charge in [0.25, 0.3) is 0 Å². The van der Waals surface area contributed by atoms with E-state index >= 15 is 0 Å². The van der Waals surface area contributed by atoms with E-state index in [1.165, 1.54) is 13.3 Å². The largest absolute Gasteiger partial charge is 0.487 e. The predicted molar refractivity (Wildman–Crippen MR) is 84.4 cm³/mol. The first kappa shape index (κ1) is 15.7. The lowest BCUT2D eigenvalue weighted by Gasteiger charge is -2.06. The molecule has 0 saturated carbocycles. The van der Waals surface area contributed by atoms with E-state index in [9.17, 15) is 4.79 Å². The molecule has 0 bridgehead atoms. The molecular weight excluding hydrogens is 310 g/mol. The van der Waals surface area contributed by atoms with Gasteiger partial charge in [0.2, 0.25) is 0 Å². The van der Waals surface area contributed by atoms with Crippen LogP contribution in [0, 0.1) is 6.92 Å². The van der Waals surface area contributed by atoms with Crippen LogP contribution in [0.2, 0.25) is 0 Å². The standard InChI is InChI=1S/C17H15N3O4/c1-11-13(16(20-24-11)14-5-3-4-8-18-14)10-23-12-6-7-15(19-9-12)17(21)22-2/h3-9H,10H2,1-2H3. The van der Waals surface area contributed by atoms with E-state index in [1.807, 2.05) is 25.1 Å². The number of hydrogen-bond donors (Lipinski definition) is 0. The number of methoxy groups -OCH3 is 1. The van der Waals surface area contributed by atoms with E-state index in [4.69, 9.17) is 9.26 Å². The van der Waals surface area contributed by atoms with Gasteiger partial charge in [-0.05, 0) is 31.2 Å². The van der Waals surface area contributed by atoms with Crippen LogP contribution in [0.1, 0.15) is 21.8 Å². The third kappa shape index (κ3) is 3.24. The molecular formula is C17H15N3O4. The van der Waals surface area contributed by atoms with Gasteiger partial charge in [-0.3, -0.25) is 4.98 Å². The van der Waals surface area contributed by atoms with E-state index in [-0.39, 0.29) is 12.3 Å². The minimum Gasteiger partial charge on any atom is -0.487 e. The van der Waals surface area contributed by atoms with Gasteiger partial charge < -0.3 is 14.0 Å². The summed E-state index contributed by atoms with van der Waals surface area (Å²) in [7, 11) is 1.31. The highest BCUT2D eigenvalue weighted by Gasteiger charge is 2.16. The van der Waals surface area contributed by atoms with Gasteiger partial charge in [0.05, 0.1) is 24.6 Å². The molecule has 3 heterocycles. The van der Waals surface area contributed by atoms with Crippen LogP contribution in [0.3, 0.4) is 0 Å². The van der Waals surface area contributed by atoms with Crippen LogP contribution in [0.5, 0.6) is 5.75 Å². The summed E-state index contributed by atoms with van der Waals surface area (Å²) in [6.45, 7) is 2.07. The second kappa shape index (κ2) is 6.91. The Morgan fingerprint density at radius 3 is 2.75 bits per heavy atom. The number of nitrogens with zero attached hydrogens (tertiary/aromatic N) is 3. The van der Waals surface area contributed by atoms with Crippen LogP contribution in [0.15, 0.2) is 47.2 Å². The molecule has 0 atom stereocenters. The first-order valence-electron chi connectivity index (χ1n) is 7.22. The van der Waals surface area contributed by atoms with Gasteiger partial charge in [-0.25, -0.2) is 9.78 Å². The van der Waals surface area contributed by atoms with Crippen molar-refractivity contribution in [2.24, 2.45) is 0 Å². The van der Waals surface area contributed by atoms with Crippen molar-refractivity contribution < 1.29 is 18.8 Å². The molecule has 0 aliphatic heterocycles. The SMILES string of the molecule is COC(=O)c1ccc(OCc2c(-c3ccccn3)noc2C)cn1. The Morgan fingerprint density at radius 2 is 2.08 bits per heavy atom. The summed E-state index contributed by atoms with van der Waals surface area (Å²) in [5.41, 5.74) is 2.39. The number of ether oxygens (including phenoxy) is 2. The molecule has 7 nitrogen and oxygen atoms in total. The third-order valence-electron chi connectivity index (χ3n) is 3.41. The number of carbonyl (C=O) groups excluding carboxylic acids is 1. The summed E-state index contributed by atoms with van der Waals surface area (Å²) in [6, 6.07) is 8.77. The van der Waals surface area contributed by atoms with E-state index in [0.29, 0.717) is 22.9 Å². The molecule has 0 radical (unpaired) electrons. The van der Waals surface area contributed by atoms with Crippen LogP contribution < -0.4 is 4.74 Å². The average molecular weight is 325 g/mol. The maximum atomic E-state index is 11.4. The van der Waals surface area contributed by atoms with Crippen molar-refractivity contribution in [2.75, 3.05) is 7.11 Å². The topological polar surface area (TPSA) is 87.3 Å². The lowest BCUT2D eigenvalue weighted by Crippen LogP contribution is -2.04. The summed E-state index contributed by atoms with van der Waals surface area (Å²) in [5, 5.41) is 4.05. The van der Waals surface area contributed by atoms with Crippen molar-refractivity contribution in [3.63, 3.8) is 0 Å². The molecule has 0 fully saturated rings. The summed E-state index contributed by atoms with van der Waals surface area (Å²) in [5.74, 6) is 0.693. The van der Waals surface area contributed by atoms with Gasteiger partial charge in [-0.2, -0.15) is 0 Å². The molecule has 0 spiro atoms. The fourth-order valence-electron chi connectivity index (χ4n) is 2.11. The fourth-order valence-corrected chi connectivity index (χ4v) is 2.11. The quantitative estimate of drug-likeness (QED) is 0.666. The number of aromatic nitrogens is 3. The molecule has 3 aromatic rings. The maximum Gasteiger partial charge on any atom is 0.356 e. The lowest BCUT2D eigenvalue weighted by atomic mass is 10.1. The molecule has 0 aliphatic rings. The highest BCUT2D eigenvalue weighted by Crippen LogP contribution is 2.24. The minimum absolute atomic E-state index is 0.222. The minimum atomic E-state index is -0.492. The number of rotatable bonds is 5. The summed E-state index contributed by atoms with van der Waals surface area (Å²) < 4.78 is 15.6. The van der Waals surface area contributed by atoms with Gasteiger partial charge in [-0.15, -0.1) is 0 Å². The number of hydrogen-bond acceptors (Lipinski definition) is 7. The fraction of sp³-hybridized carbons (Fsp3) is 0.176. The van der Waals surface area contributed by atoms with Crippen LogP contribution >= 0.6 is 0 Å². The smallest absolute Gasteiger partial charge is 0.356 e. The van der Waals surface area contributed by atoms with Crippen LogP contribution in [-0.2, 0) is 11.3 Å². The zero-order valence-electron chi connectivity index (χ0n) is 13.2. The second-order valence-corrected chi connectivity index (χ2v) is 4.94. The van der Waals surface area contributed by atoms with Crippen molar-refractivity contribution in [3.8, 4) is 17.1 Å². The summed E-state index contributed by atoms with van der Waals surface area (Å²) in [4.78, 5) is 19.6. The Labute approximate surface area is 138 Å². The zero-order valence-corrected chi connectivity index (χ0v) is 13.2. The Kier molecular flexibility index (Phi) is 4.51. The Morgan fingerprint density at radius 1 is 1.21 bits per heavy atom. The number of pyridine rings is 2. The van der Waals surface area contributed by atoms with E-state index < -0.39 is 5.97 Å². The normalized spacial score (nSPS) is 10.4. The Hall–Kier alpha value is -3.22. The van der Waals surface area contributed by atoms with Crippen molar-refractivity contribution in [1.82, 2.24) is 15.1 Å². The molecule has 0 aliphatic carbocycles. The molecule has 7 heteroatoms. The van der Waals surface area contributed by atoms with Crippen molar-refractivity contribution in [3.05, 3.63) is 59.7 Å². The molecule has 0 aromatic carbocycles. The molecule has 122 valence electrons. The molecule has 24 heavy (non-hydrogen) atoms. The van der Waals surface area contributed by atoms with E-state index in [0.717, 1.165) is 5.56 Å². The molecule has 0 amide bonds. The van der Waals surface area contributed by atoms with Gasteiger partial charge in [-0.1, -0.05) is 11.2 Å². The number of esters is 1. The average Bonchev–Trinajstić information content (AvgIpc) is 3.01. The Balaban J connectivity index is 1.76. The van der Waals surface area contributed by atoms with Crippen molar-refractivity contribution in [2.45, 2.75) is 13.5 Å². The van der Waals surface area contributed by atoms with Crippen LogP contribution in [-0.4, -0.2) is 28.2 Å². The van der Waals surface area contributed by atoms with Gasteiger partial charge in [0.15, 0.2) is 0 Å². The highest BCUT2D eigenvalue weighted by molar-refractivity contribution is 5.87.